The van der Waals surface area contributed by atoms with Gasteiger partial charge in [-0.1, -0.05) is 19.9 Å². The molecular weight excluding hydrogens is 256 g/mol. The molecule has 2 aromatic heterocycles. The highest BCUT2D eigenvalue weighted by atomic mass is 16.4. The van der Waals surface area contributed by atoms with E-state index in [9.17, 15) is 4.79 Å². The molecule has 0 amide bonds. The Morgan fingerprint density at radius 2 is 2.15 bits per heavy atom. The van der Waals surface area contributed by atoms with Crippen molar-refractivity contribution < 1.29 is 9.90 Å². The van der Waals surface area contributed by atoms with Crippen molar-refractivity contribution in [1.29, 1.82) is 0 Å². The molecule has 0 saturated carbocycles. The lowest BCUT2D eigenvalue weighted by Crippen LogP contribution is -2.18. The molecule has 20 heavy (non-hydrogen) atoms. The van der Waals surface area contributed by atoms with Gasteiger partial charge in [0, 0.05) is 29.6 Å². The Balaban J connectivity index is 2.44. The highest BCUT2D eigenvalue weighted by molar-refractivity contribution is 5.80. The molecule has 0 bridgehead atoms. The second-order valence-corrected chi connectivity index (χ2v) is 5.06. The van der Waals surface area contributed by atoms with Crippen LogP contribution in [0.5, 0.6) is 0 Å². The highest BCUT2D eigenvalue weighted by Crippen LogP contribution is 2.24. The monoisotopic (exact) mass is 272 g/mol. The maximum atomic E-state index is 10.7. The van der Waals surface area contributed by atoms with E-state index in [-0.39, 0.29) is 0 Å². The lowest BCUT2D eigenvalue weighted by molar-refractivity contribution is -0.131. The van der Waals surface area contributed by atoms with E-state index in [2.05, 4.69) is 15.0 Å². The first kappa shape index (κ1) is 13.9. The largest absolute Gasteiger partial charge is 0.478 e. The van der Waals surface area contributed by atoms with E-state index in [4.69, 9.17) is 5.11 Å². The van der Waals surface area contributed by atoms with Gasteiger partial charge in [0.2, 0.25) is 5.95 Å². The van der Waals surface area contributed by atoms with Crippen molar-refractivity contribution in [3.05, 3.63) is 48.3 Å². The molecule has 2 heterocycles. The van der Waals surface area contributed by atoms with E-state index in [1.54, 1.807) is 29.4 Å². The molecular formula is C14H16N4O2. The van der Waals surface area contributed by atoms with Gasteiger partial charge in [0.05, 0.1) is 5.69 Å². The lowest BCUT2D eigenvalue weighted by Gasteiger charge is -2.20. The number of carboxylic acid groups (broad SMARTS) is 1. The molecule has 6 nitrogen and oxygen atoms in total. The second kappa shape index (κ2) is 5.24. The molecule has 0 aliphatic rings. The topological polar surface area (TPSA) is 80.9 Å². The summed E-state index contributed by atoms with van der Waals surface area (Å²) in [4.78, 5) is 23.5. The number of nitrogens with zero attached hydrogens (tertiary/aromatic N) is 4. The predicted molar refractivity (Wildman–Crippen MR) is 73.7 cm³/mol. The van der Waals surface area contributed by atoms with Gasteiger partial charge in [-0.2, -0.15) is 0 Å². The molecule has 6 heteroatoms. The number of hydrogen-bond acceptors (Lipinski definition) is 4. The SMILES string of the molecule is Cc1cc(C(C)(C)/C=C/C(=O)O)nc(-n2ccnc2)n1. The maximum Gasteiger partial charge on any atom is 0.328 e. The molecule has 0 radical (unpaired) electrons. The van der Waals surface area contributed by atoms with Crippen LogP contribution >= 0.6 is 0 Å². The predicted octanol–water partition coefficient (Wildman–Crippen LogP) is 1.89. The first-order valence-corrected chi connectivity index (χ1v) is 6.15. The average molecular weight is 272 g/mol. The summed E-state index contributed by atoms with van der Waals surface area (Å²) >= 11 is 0. The summed E-state index contributed by atoms with van der Waals surface area (Å²) in [5.74, 6) is -0.451. The fourth-order valence-corrected chi connectivity index (χ4v) is 1.74. The third-order valence-electron chi connectivity index (χ3n) is 2.88. The van der Waals surface area contributed by atoms with Gasteiger partial charge >= 0.3 is 5.97 Å². The van der Waals surface area contributed by atoms with E-state index in [0.717, 1.165) is 17.5 Å². The Kier molecular flexibility index (Phi) is 3.65. The zero-order valence-electron chi connectivity index (χ0n) is 11.6. The zero-order chi connectivity index (χ0) is 14.8. The number of rotatable bonds is 4. The van der Waals surface area contributed by atoms with Crippen LogP contribution < -0.4 is 0 Å². The summed E-state index contributed by atoms with van der Waals surface area (Å²) in [6.07, 6.45) is 7.79. The van der Waals surface area contributed by atoms with E-state index < -0.39 is 11.4 Å². The minimum Gasteiger partial charge on any atom is -0.478 e. The van der Waals surface area contributed by atoms with Gasteiger partial charge in [0.1, 0.15) is 6.33 Å². The van der Waals surface area contributed by atoms with E-state index in [1.165, 1.54) is 0 Å². The molecule has 1 N–H and O–H groups in total. The first-order valence-electron chi connectivity index (χ1n) is 6.15. The van der Waals surface area contributed by atoms with Crippen molar-refractivity contribution in [3.8, 4) is 5.95 Å². The average Bonchev–Trinajstić information content (AvgIpc) is 2.89. The van der Waals surface area contributed by atoms with E-state index >= 15 is 0 Å². The number of aryl methyl sites for hydroxylation is 1. The number of allylic oxidation sites excluding steroid dienone is 1. The van der Waals surface area contributed by atoms with Gasteiger partial charge in [-0.05, 0) is 13.0 Å². The summed E-state index contributed by atoms with van der Waals surface area (Å²) in [5.41, 5.74) is 1.07. The van der Waals surface area contributed by atoms with Gasteiger partial charge in [-0.3, -0.25) is 4.57 Å². The molecule has 0 aromatic carbocycles. The number of aliphatic carboxylic acids is 1. The fraction of sp³-hybridized carbons (Fsp3) is 0.286. The molecule has 2 rings (SSSR count). The molecule has 0 aliphatic carbocycles. The Morgan fingerprint density at radius 1 is 1.40 bits per heavy atom. The van der Waals surface area contributed by atoms with Crippen molar-refractivity contribution >= 4 is 5.97 Å². The molecule has 0 aliphatic heterocycles. The van der Waals surface area contributed by atoms with Gasteiger partial charge in [0.25, 0.3) is 0 Å². The second-order valence-electron chi connectivity index (χ2n) is 5.06. The summed E-state index contributed by atoms with van der Waals surface area (Å²) in [7, 11) is 0. The third kappa shape index (κ3) is 3.09. The molecule has 2 aromatic rings. The van der Waals surface area contributed by atoms with Gasteiger partial charge in [-0.15, -0.1) is 0 Å². The van der Waals surface area contributed by atoms with Crippen LogP contribution in [0.4, 0.5) is 0 Å². The Labute approximate surface area is 116 Å². The first-order chi connectivity index (χ1) is 9.38. The number of carbonyl (C=O) groups is 1. The summed E-state index contributed by atoms with van der Waals surface area (Å²) in [6.45, 7) is 5.69. The highest BCUT2D eigenvalue weighted by Gasteiger charge is 2.21. The lowest BCUT2D eigenvalue weighted by atomic mass is 9.88. The van der Waals surface area contributed by atoms with Crippen molar-refractivity contribution in [3.63, 3.8) is 0 Å². The summed E-state index contributed by atoms with van der Waals surface area (Å²) in [5, 5.41) is 8.75. The van der Waals surface area contributed by atoms with Crippen LogP contribution in [-0.2, 0) is 10.2 Å². The number of imidazole rings is 1. The van der Waals surface area contributed by atoms with Crippen LogP contribution in [0.3, 0.4) is 0 Å². The van der Waals surface area contributed by atoms with E-state index in [0.29, 0.717) is 5.95 Å². The minimum atomic E-state index is -0.973. The maximum absolute atomic E-state index is 10.7. The van der Waals surface area contributed by atoms with Gasteiger partial charge in [0.15, 0.2) is 0 Å². The van der Waals surface area contributed by atoms with Crippen LogP contribution in [0.25, 0.3) is 5.95 Å². The molecule has 0 fully saturated rings. The van der Waals surface area contributed by atoms with Crippen molar-refractivity contribution in [2.24, 2.45) is 0 Å². The third-order valence-corrected chi connectivity index (χ3v) is 2.88. The Morgan fingerprint density at radius 3 is 2.75 bits per heavy atom. The number of carboxylic acids is 1. The Hall–Kier alpha value is -2.50. The van der Waals surface area contributed by atoms with Crippen molar-refractivity contribution in [2.45, 2.75) is 26.2 Å². The van der Waals surface area contributed by atoms with Crippen molar-refractivity contribution in [2.75, 3.05) is 0 Å². The smallest absolute Gasteiger partial charge is 0.328 e. The quantitative estimate of drug-likeness (QED) is 0.859. The fourth-order valence-electron chi connectivity index (χ4n) is 1.74. The Bertz CT molecular complexity index is 645. The van der Waals surface area contributed by atoms with Crippen molar-refractivity contribution in [1.82, 2.24) is 19.5 Å². The molecule has 0 unspecified atom stereocenters. The molecule has 0 saturated heterocycles. The minimum absolute atomic E-state index is 0.499. The molecule has 0 atom stereocenters. The normalized spacial score (nSPS) is 11.9. The standard InChI is InChI=1S/C14H16N4O2/c1-10-8-11(14(2,3)5-4-12(19)20)17-13(16-10)18-7-6-15-9-18/h4-9H,1-3H3,(H,19,20)/b5-4+. The number of hydrogen-bond donors (Lipinski definition) is 1. The summed E-state index contributed by atoms with van der Waals surface area (Å²) in [6, 6.07) is 1.85. The molecule has 0 spiro atoms. The molecule has 104 valence electrons. The van der Waals surface area contributed by atoms with Crippen LogP contribution in [-0.4, -0.2) is 30.6 Å². The van der Waals surface area contributed by atoms with E-state index in [1.807, 2.05) is 26.8 Å². The van der Waals surface area contributed by atoms with Crippen LogP contribution in [0.15, 0.2) is 36.9 Å². The van der Waals surface area contributed by atoms with Gasteiger partial charge in [-0.25, -0.2) is 19.7 Å². The van der Waals surface area contributed by atoms with Crippen LogP contribution in [0.2, 0.25) is 0 Å². The van der Waals surface area contributed by atoms with Crippen LogP contribution in [0, 0.1) is 6.92 Å². The number of aromatic nitrogens is 4. The van der Waals surface area contributed by atoms with Crippen LogP contribution in [0.1, 0.15) is 25.2 Å². The zero-order valence-corrected chi connectivity index (χ0v) is 11.6. The summed E-state index contributed by atoms with van der Waals surface area (Å²) < 4.78 is 1.72. The van der Waals surface area contributed by atoms with Gasteiger partial charge < -0.3 is 5.11 Å².